The first-order valence-electron chi connectivity index (χ1n) is 5.39. The minimum absolute atomic E-state index is 0.117. The van der Waals surface area contributed by atoms with Crippen molar-refractivity contribution in [2.24, 2.45) is 5.73 Å². The van der Waals surface area contributed by atoms with Crippen molar-refractivity contribution in [1.29, 1.82) is 0 Å². The van der Waals surface area contributed by atoms with Crippen LogP contribution in [-0.4, -0.2) is 39.1 Å². The highest BCUT2D eigenvalue weighted by Gasteiger charge is 2.33. The molecule has 0 unspecified atom stereocenters. The van der Waals surface area contributed by atoms with Crippen molar-refractivity contribution >= 4 is 23.6 Å². The Morgan fingerprint density at radius 2 is 1.76 bits per heavy atom. The van der Waals surface area contributed by atoms with Crippen LogP contribution in [0.1, 0.15) is 34.6 Å². The molecule has 0 fully saturated rings. The van der Waals surface area contributed by atoms with Gasteiger partial charge < -0.3 is 16.2 Å². The van der Waals surface area contributed by atoms with Crippen LogP contribution < -0.4 is 11.1 Å². The molecule has 0 bridgehead atoms. The molecular formula is C11H22N2O3S. The molecule has 1 amide bonds. The number of hydrogen-bond acceptors (Lipinski definition) is 4. The summed E-state index contributed by atoms with van der Waals surface area (Å²) in [6.45, 7) is 9.12. The number of carbonyl (C=O) groups is 2. The molecule has 0 aromatic heterocycles. The third-order valence-electron chi connectivity index (χ3n) is 2.10. The molecule has 0 aromatic carbocycles. The first-order valence-corrected chi connectivity index (χ1v) is 6.37. The average Bonchev–Trinajstić information content (AvgIpc) is 2.11. The molecule has 0 rings (SSSR count). The summed E-state index contributed by atoms with van der Waals surface area (Å²) >= 11 is 1.25. The maximum Gasteiger partial charge on any atom is 0.321 e. The lowest BCUT2D eigenvalue weighted by molar-refractivity contribution is -0.139. The van der Waals surface area contributed by atoms with Crippen molar-refractivity contribution in [3.05, 3.63) is 0 Å². The Morgan fingerprint density at radius 3 is 2.12 bits per heavy atom. The van der Waals surface area contributed by atoms with Crippen LogP contribution >= 0.6 is 11.8 Å². The number of amides is 1. The van der Waals surface area contributed by atoms with E-state index in [9.17, 15) is 9.59 Å². The average molecular weight is 262 g/mol. The molecule has 6 heteroatoms. The summed E-state index contributed by atoms with van der Waals surface area (Å²) in [4.78, 5) is 22.4. The van der Waals surface area contributed by atoms with Gasteiger partial charge in [-0.05, 0) is 34.6 Å². The summed E-state index contributed by atoms with van der Waals surface area (Å²) in [5.74, 6) is -0.975. The molecule has 4 N–H and O–H groups in total. The van der Waals surface area contributed by atoms with Crippen LogP contribution in [0.25, 0.3) is 0 Å². The van der Waals surface area contributed by atoms with Crippen LogP contribution in [0.5, 0.6) is 0 Å². The summed E-state index contributed by atoms with van der Waals surface area (Å²) in [7, 11) is 0. The Bertz CT molecular complexity index is 298. The van der Waals surface area contributed by atoms with Gasteiger partial charge in [0.05, 0.1) is 5.75 Å². The highest BCUT2D eigenvalue weighted by atomic mass is 32.2. The highest BCUT2D eigenvalue weighted by molar-refractivity contribution is 8.01. The van der Waals surface area contributed by atoms with Crippen LogP contribution in [0, 0.1) is 0 Å². The van der Waals surface area contributed by atoms with E-state index in [2.05, 4.69) is 5.32 Å². The standard InChI is InChI=1S/C11H22N2O3S/c1-10(2,3)13-7(14)6-17-11(4,5)8(12)9(15)16/h8H,6,12H2,1-5H3,(H,13,14)(H,15,16)/t8-/m0/s1. The largest absolute Gasteiger partial charge is 0.480 e. The SMILES string of the molecule is CC(C)(C)NC(=O)CSC(C)(C)[C@@H](N)C(=O)O. The first kappa shape index (κ1) is 16.2. The summed E-state index contributed by atoms with van der Waals surface area (Å²) < 4.78 is -0.680. The van der Waals surface area contributed by atoms with Gasteiger partial charge in [0.25, 0.3) is 0 Å². The fourth-order valence-electron chi connectivity index (χ4n) is 1.09. The Labute approximate surface area is 107 Å². The zero-order chi connectivity index (χ0) is 13.9. The van der Waals surface area contributed by atoms with Gasteiger partial charge >= 0.3 is 5.97 Å². The van der Waals surface area contributed by atoms with Crippen molar-refractivity contribution in [2.75, 3.05) is 5.75 Å². The van der Waals surface area contributed by atoms with Gasteiger partial charge in [-0.3, -0.25) is 9.59 Å². The molecule has 5 nitrogen and oxygen atoms in total. The van der Waals surface area contributed by atoms with Crippen molar-refractivity contribution in [3.8, 4) is 0 Å². The number of carboxylic acids is 1. The van der Waals surface area contributed by atoms with E-state index in [0.29, 0.717) is 0 Å². The normalized spacial score (nSPS) is 14.2. The number of aliphatic carboxylic acids is 1. The number of hydrogen-bond donors (Lipinski definition) is 3. The van der Waals surface area contributed by atoms with Gasteiger partial charge in [-0.15, -0.1) is 11.8 Å². The second-order valence-corrected chi connectivity index (χ2v) is 7.14. The second kappa shape index (κ2) is 5.73. The third kappa shape index (κ3) is 6.53. The Balaban J connectivity index is 4.28. The smallest absolute Gasteiger partial charge is 0.321 e. The van der Waals surface area contributed by atoms with Gasteiger partial charge in [-0.1, -0.05) is 0 Å². The molecule has 17 heavy (non-hydrogen) atoms. The van der Waals surface area contributed by atoms with E-state index in [-0.39, 0.29) is 17.2 Å². The molecule has 0 saturated heterocycles. The van der Waals surface area contributed by atoms with Crippen molar-refractivity contribution < 1.29 is 14.7 Å². The third-order valence-corrected chi connectivity index (χ3v) is 3.51. The van der Waals surface area contributed by atoms with Gasteiger partial charge in [-0.2, -0.15) is 0 Å². The molecule has 0 spiro atoms. The zero-order valence-electron chi connectivity index (χ0n) is 11.0. The summed E-state index contributed by atoms with van der Waals surface area (Å²) in [6, 6.07) is -0.991. The molecule has 0 heterocycles. The van der Waals surface area contributed by atoms with Gasteiger partial charge in [0.1, 0.15) is 6.04 Å². The summed E-state index contributed by atoms with van der Waals surface area (Å²) in [6.07, 6.45) is 0. The maximum atomic E-state index is 11.6. The van der Waals surface area contributed by atoms with Crippen LogP contribution in [-0.2, 0) is 9.59 Å². The predicted octanol–water partition coefficient (Wildman–Crippen LogP) is 0.825. The molecule has 0 aromatic rings. The number of rotatable bonds is 5. The van der Waals surface area contributed by atoms with Crippen LogP contribution in [0.4, 0.5) is 0 Å². The van der Waals surface area contributed by atoms with E-state index in [1.807, 2.05) is 20.8 Å². The van der Waals surface area contributed by atoms with Crippen molar-refractivity contribution in [2.45, 2.75) is 50.9 Å². The number of thioether (sulfide) groups is 1. The monoisotopic (exact) mass is 262 g/mol. The van der Waals surface area contributed by atoms with Gasteiger partial charge in [-0.25, -0.2) is 0 Å². The van der Waals surface area contributed by atoms with Crippen molar-refractivity contribution in [3.63, 3.8) is 0 Å². The molecule has 1 atom stereocenters. The molecule has 100 valence electrons. The van der Waals surface area contributed by atoms with E-state index >= 15 is 0 Å². The van der Waals surface area contributed by atoms with E-state index < -0.39 is 16.8 Å². The number of carbonyl (C=O) groups excluding carboxylic acids is 1. The lowest BCUT2D eigenvalue weighted by Crippen LogP contribution is -2.48. The van der Waals surface area contributed by atoms with E-state index in [4.69, 9.17) is 10.8 Å². The quantitative estimate of drug-likeness (QED) is 0.682. The number of nitrogens with two attached hydrogens (primary N) is 1. The van der Waals surface area contributed by atoms with Gasteiger partial charge in [0, 0.05) is 10.3 Å². The Kier molecular flexibility index (Phi) is 5.48. The number of carboxylic acid groups (broad SMARTS) is 1. The fourth-order valence-corrected chi connectivity index (χ4v) is 1.95. The number of nitrogens with one attached hydrogen (secondary N) is 1. The minimum atomic E-state index is -1.06. The lowest BCUT2D eigenvalue weighted by Gasteiger charge is -2.28. The molecule has 0 aliphatic carbocycles. The van der Waals surface area contributed by atoms with Gasteiger partial charge in [0.15, 0.2) is 0 Å². The minimum Gasteiger partial charge on any atom is -0.480 e. The molecular weight excluding hydrogens is 240 g/mol. The second-order valence-electron chi connectivity index (χ2n) is 5.51. The Hall–Kier alpha value is -0.750. The molecule has 0 saturated carbocycles. The van der Waals surface area contributed by atoms with Crippen LogP contribution in [0.2, 0.25) is 0 Å². The maximum absolute atomic E-state index is 11.6. The Morgan fingerprint density at radius 1 is 1.29 bits per heavy atom. The highest BCUT2D eigenvalue weighted by Crippen LogP contribution is 2.27. The van der Waals surface area contributed by atoms with Crippen LogP contribution in [0.3, 0.4) is 0 Å². The summed E-state index contributed by atoms with van der Waals surface area (Å²) in [5.41, 5.74) is 5.27. The molecule has 0 aliphatic heterocycles. The topological polar surface area (TPSA) is 92.4 Å². The fraction of sp³-hybridized carbons (Fsp3) is 0.818. The molecule has 0 radical (unpaired) electrons. The van der Waals surface area contributed by atoms with Crippen molar-refractivity contribution in [1.82, 2.24) is 5.32 Å². The predicted molar refractivity (Wildman–Crippen MR) is 70.0 cm³/mol. The lowest BCUT2D eigenvalue weighted by atomic mass is 10.1. The van der Waals surface area contributed by atoms with E-state index in [1.54, 1.807) is 13.8 Å². The summed E-state index contributed by atoms with van der Waals surface area (Å²) in [5, 5.41) is 11.6. The van der Waals surface area contributed by atoms with Crippen LogP contribution in [0.15, 0.2) is 0 Å². The first-order chi connectivity index (χ1) is 7.46. The molecule has 0 aliphatic rings. The van der Waals surface area contributed by atoms with E-state index in [1.165, 1.54) is 11.8 Å². The zero-order valence-corrected chi connectivity index (χ0v) is 11.9. The van der Waals surface area contributed by atoms with Gasteiger partial charge in [0.2, 0.25) is 5.91 Å². The van der Waals surface area contributed by atoms with E-state index in [0.717, 1.165) is 0 Å².